The number of carbonyl (C=O) groups excluding carboxylic acids is 1. The van der Waals surface area contributed by atoms with Crippen molar-refractivity contribution >= 4 is 17.6 Å². The zero-order valence-corrected chi connectivity index (χ0v) is 13.3. The fourth-order valence-corrected chi connectivity index (χ4v) is 3.07. The molecule has 0 fully saturated rings. The summed E-state index contributed by atoms with van der Waals surface area (Å²) in [5.41, 5.74) is 1.98. The number of nitrogens with zero attached hydrogens (tertiary/aromatic N) is 2. The second-order valence-electron chi connectivity index (χ2n) is 6.32. The van der Waals surface area contributed by atoms with Gasteiger partial charge in [0.25, 0.3) is 5.91 Å². The largest absolute Gasteiger partial charge is 0.478 e. The Morgan fingerprint density at radius 1 is 1.22 bits per heavy atom. The smallest absolute Gasteiger partial charge is 0.335 e. The molecular weight excluding hydrogens is 292 g/mol. The molecule has 5 nitrogen and oxygen atoms in total. The van der Waals surface area contributed by atoms with Crippen LogP contribution in [0.5, 0.6) is 0 Å². The number of aromatic nitrogens is 1. The van der Waals surface area contributed by atoms with Gasteiger partial charge in [-0.3, -0.25) is 9.78 Å². The van der Waals surface area contributed by atoms with Gasteiger partial charge in [0, 0.05) is 23.3 Å². The molecular formula is C18H18N2O3. The number of carboxylic acids is 1. The molecule has 23 heavy (non-hydrogen) atoms. The summed E-state index contributed by atoms with van der Waals surface area (Å²) in [7, 11) is 0. The van der Waals surface area contributed by atoms with Crippen molar-refractivity contribution in [3.8, 4) is 0 Å². The molecule has 1 unspecified atom stereocenters. The van der Waals surface area contributed by atoms with Gasteiger partial charge in [-0.2, -0.15) is 0 Å². The lowest BCUT2D eigenvalue weighted by molar-refractivity contribution is 0.0696. The average molecular weight is 310 g/mol. The second kappa shape index (κ2) is 5.19. The van der Waals surface area contributed by atoms with Gasteiger partial charge in [0.1, 0.15) is 5.69 Å². The lowest BCUT2D eigenvalue weighted by Crippen LogP contribution is -2.43. The van der Waals surface area contributed by atoms with Crippen LogP contribution in [0.3, 0.4) is 0 Å². The van der Waals surface area contributed by atoms with Crippen LogP contribution in [-0.2, 0) is 5.41 Å². The molecule has 1 aromatic heterocycles. The summed E-state index contributed by atoms with van der Waals surface area (Å²) in [6.07, 6.45) is 1.36. The van der Waals surface area contributed by atoms with E-state index in [2.05, 4.69) is 18.8 Å². The number of fused-ring (bicyclic) bond motifs is 1. The summed E-state index contributed by atoms with van der Waals surface area (Å²) < 4.78 is 0. The molecule has 2 aromatic rings. The molecule has 1 aliphatic rings. The van der Waals surface area contributed by atoms with Crippen LogP contribution in [0.1, 0.15) is 47.2 Å². The molecule has 0 radical (unpaired) electrons. The zero-order valence-electron chi connectivity index (χ0n) is 13.3. The molecule has 0 aliphatic carbocycles. The standard InChI is InChI=1S/C18H18N2O3/c1-11-18(2,3)13-6-4-5-7-15(13)20(11)16(21)14-10-12(17(22)23)8-9-19-14/h4-11H,1-3H3,(H,22,23). The van der Waals surface area contributed by atoms with E-state index in [1.54, 1.807) is 4.90 Å². The monoisotopic (exact) mass is 310 g/mol. The molecule has 1 aliphatic heterocycles. The second-order valence-corrected chi connectivity index (χ2v) is 6.32. The van der Waals surface area contributed by atoms with Crippen molar-refractivity contribution in [1.29, 1.82) is 0 Å². The van der Waals surface area contributed by atoms with E-state index < -0.39 is 5.97 Å². The lowest BCUT2D eigenvalue weighted by Gasteiger charge is -2.29. The average Bonchev–Trinajstić information content (AvgIpc) is 2.74. The molecule has 1 amide bonds. The van der Waals surface area contributed by atoms with E-state index in [1.807, 2.05) is 31.2 Å². The van der Waals surface area contributed by atoms with E-state index in [0.29, 0.717) is 0 Å². The van der Waals surface area contributed by atoms with E-state index in [0.717, 1.165) is 11.3 Å². The maximum absolute atomic E-state index is 13.0. The summed E-state index contributed by atoms with van der Waals surface area (Å²) in [6, 6.07) is 10.5. The van der Waals surface area contributed by atoms with Crippen molar-refractivity contribution < 1.29 is 14.7 Å². The Morgan fingerprint density at radius 2 is 1.91 bits per heavy atom. The minimum Gasteiger partial charge on any atom is -0.478 e. The van der Waals surface area contributed by atoms with Gasteiger partial charge in [-0.05, 0) is 30.7 Å². The minimum absolute atomic E-state index is 0.0531. The van der Waals surface area contributed by atoms with Crippen LogP contribution < -0.4 is 4.90 Å². The van der Waals surface area contributed by atoms with Gasteiger partial charge in [0.15, 0.2) is 0 Å². The Labute approximate surface area is 134 Å². The van der Waals surface area contributed by atoms with Crippen LogP contribution in [0.4, 0.5) is 5.69 Å². The quantitative estimate of drug-likeness (QED) is 0.925. The third-order valence-corrected chi connectivity index (χ3v) is 4.73. The summed E-state index contributed by atoms with van der Waals surface area (Å²) >= 11 is 0. The third kappa shape index (κ3) is 2.29. The number of pyridine rings is 1. The first-order chi connectivity index (χ1) is 10.8. The highest BCUT2D eigenvalue weighted by atomic mass is 16.4. The van der Waals surface area contributed by atoms with E-state index >= 15 is 0 Å². The molecule has 0 bridgehead atoms. The molecule has 118 valence electrons. The first-order valence-electron chi connectivity index (χ1n) is 7.46. The van der Waals surface area contributed by atoms with Gasteiger partial charge in [0.2, 0.25) is 0 Å². The van der Waals surface area contributed by atoms with Gasteiger partial charge in [0.05, 0.1) is 5.56 Å². The number of aromatic carboxylic acids is 1. The topological polar surface area (TPSA) is 70.5 Å². The number of hydrogen-bond acceptors (Lipinski definition) is 3. The van der Waals surface area contributed by atoms with Crippen molar-refractivity contribution in [2.75, 3.05) is 4.90 Å². The summed E-state index contributed by atoms with van der Waals surface area (Å²) in [5.74, 6) is -1.35. The molecule has 1 aromatic carbocycles. The van der Waals surface area contributed by atoms with Crippen LogP contribution >= 0.6 is 0 Å². The number of benzene rings is 1. The van der Waals surface area contributed by atoms with E-state index in [9.17, 15) is 9.59 Å². The van der Waals surface area contributed by atoms with Crippen molar-refractivity contribution in [3.63, 3.8) is 0 Å². The molecule has 5 heteroatoms. The van der Waals surface area contributed by atoms with Crippen molar-refractivity contribution in [2.24, 2.45) is 0 Å². The maximum atomic E-state index is 13.0. The number of hydrogen-bond donors (Lipinski definition) is 1. The van der Waals surface area contributed by atoms with Crippen molar-refractivity contribution in [1.82, 2.24) is 4.98 Å². The van der Waals surface area contributed by atoms with Crippen LogP contribution in [0.15, 0.2) is 42.6 Å². The number of amides is 1. The highest BCUT2D eigenvalue weighted by molar-refractivity contribution is 6.08. The minimum atomic E-state index is -1.07. The van der Waals surface area contributed by atoms with Gasteiger partial charge >= 0.3 is 5.97 Å². The highest BCUT2D eigenvalue weighted by Gasteiger charge is 2.44. The Balaban J connectivity index is 2.07. The molecule has 1 N–H and O–H groups in total. The van der Waals surface area contributed by atoms with Crippen molar-refractivity contribution in [2.45, 2.75) is 32.2 Å². The van der Waals surface area contributed by atoms with Crippen LogP contribution in [-0.4, -0.2) is 28.0 Å². The normalized spacial score (nSPS) is 18.6. The fraction of sp³-hybridized carbons (Fsp3) is 0.278. The van der Waals surface area contributed by atoms with Crippen molar-refractivity contribution in [3.05, 3.63) is 59.4 Å². The van der Waals surface area contributed by atoms with Gasteiger partial charge in [-0.1, -0.05) is 32.0 Å². The van der Waals surface area contributed by atoms with E-state index in [4.69, 9.17) is 5.11 Å². The summed E-state index contributed by atoms with van der Waals surface area (Å²) in [6.45, 7) is 6.20. The Bertz CT molecular complexity index is 798. The molecule has 0 saturated heterocycles. The van der Waals surface area contributed by atoms with Gasteiger partial charge in [-0.25, -0.2) is 4.79 Å². The van der Waals surface area contributed by atoms with Crippen LogP contribution in [0, 0.1) is 0 Å². The van der Waals surface area contributed by atoms with E-state index in [-0.39, 0.29) is 28.6 Å². The number of carboxylic acid groups (broad SMARTS) is 1. The first kappa shape index (κ1) is 15.2. The molecule has 0 saturated carbocycles. The Morgan fingerprint density at radius 3 is 2.61 bits per heavy atom. The summed E-state index contributed by atoms with van der Waals surface area (Å²) in [4.78, 5) is 29.8. The summed E-state index contributed by atoms with van der Waals surface area (Å²) in [5, 5.41) is 9.10. The van der Waals surface area contributed by atoms with Crippen LogP contribution in [0.2, 0.25) is 0 Å². The first-order valence-corrected chi connectivity index (χ1v) is 7.46. The predicted molar refractivity (Wildman–Crippen MR) is 86.9 cm³/mol. The number of carbonyl (C=O) groups is 2. The fourth-order valence-electron chi connectivity index (χ4n) is 3.07. The zero-order chi connectivity index (χ0) is 16.8. The SMILES string of the molecule is CC1N(C(=O)c2cc(C(=O)O)ccn2)c2ccccc2C1(C)C. The molecule has 1 atom stereocenters. The number of rotatable bonds is 2. The Kier molecular flexibility index (Phi) is 3.43. The highest BCUT2D eigenvalue weighted by Crippen LogP contribution is 2.45. The Hall–Kier alpha value is -2.69. The number of para-hydroxylation sites is 1. The van der Waals surface area contributed by atoms with Crippen LogP contribution in [0.25, 0.3) is 0 Å². The van der Waals surface area contributed by atoms with Gasteiger partial charge in [-0.15, -0.1) is 0 Å². The van der Waals surface area contributed by atoms with Gasteiger partial charge < -0.3 is 10.0 Å². The molecule has 2 heterocycles. The molecule has 3 rings (SSSR count). The molecule has 0 spiro atoms. The lowest BCUT2D eigenvalue weighted by atomic mass is 9.81. The number of anilines is 1. The third-order valence-electron chi connectivity index (χ3n) is 4.73. The predicted octanol–water partition coefficient (Wildman–Crippen LogP) is 3.11. The van der Waals surface area contributed by atoms with E-state index in [1.165, 1.54) is 18.3 Å². The maximum Gasteiger partial charge on any atom is 0.335 e.